The van der Waals surface area contributed by atoms with Crippen molar-refractivity contribution in [2.45, 2.75) is 26.8 Å². The van der Waals surface area contributed by atoms with Crippen LogP contribution in [0, 0.1) is 10.1 Å². The molecule has 1 unspecified atom stereocenters. The highest BCUT2D eigenvalue weighted by Gasteiger charge is 2.33. The summed E-state index contributed by atoms with van der Waals surface area (Å²) in [4.78, 5) is 62.5. The molecule has 4 rings (SSSR count). The predicted octanol–water partition coefficient (Wildman–Crippen LogP) is 2.89. The lowest BCUT2D eigenvalue weighted by Crippen LogP contribution is -2.39. The number of esters is 2. The summed E-state index contributed by atoms with van der Waals surface area (Å²) in [5, 5.41) is 18.6. The normalized spacial score (nSPS) is 14.1. The van der Waals surface area contributed by atoms with E-state index in [0.29, 0.717) is 27.4 Å². The van der Waals surface area contributed by atoms with Gasteiger partial charge in [0, 0.05) is 26.0 Å². The lowest BCUT2D eigenvalue weighted by Gasteiger charge is -2.24. The number of hydrogen-bond acceptors (Lipinski definition) is 10. The van der Waals surface area contributed by atoms with Gasteiger partial charge < -0.3 is 14.6 Å². The van der Waals surface area contributed by atoms with E-state index in [0.717, 1.165) is 18.3 Å². The Hall–Kier alpha value is -5.17. The number of carboxylic acid groups (broad SMARTS) is 1. The number of nitro benzene ring substituents is 1. The van der Waals surface area contributed by atoms with E-state index < -0.39 is 34.4 Å². The van der Waals surface area contributed by atoms with Crippen molar-refractivity contribution in [3.05, 3.63) is 113 Å². The molecule has 212 valence electrons. The number of rotatable bonds is 7. The molecule has 41 heavy (non-hydrogen) atoms. The Balaban J connectivity index is 0.00000108. The number of nitro groups is 1. The first kappa shape index (κ1) is 30.4. The summed E-state index contributed by atoms with van der Waals surface area (Å²) in [6.07, 6.45) is 2.98. The smallest absolute Gasteiger partial charge is 0.338 e. The van der Waals surface area contributed by atoms with E-state index in [1.807, 2.05) is 0 Å². The van der Waals surface area contributed by atoms with Crippen LogP contribution in [0.1, 0.15) is 37.9 Å². The molecule has 1 aliphatic rings. The van der Waals surface area contributed by atoms with Gasteiger partial charge in [0.2, 0.25) is 0 Å². The number of carboxylic acids is 1. The summed E-state index contributed by atoms with van der Waals surface area (Å²) in [6, 6.07) is 11.5. The predicted molar refractivity (Wildman–Crippen MR) is 149 cm³/mol. The van der Waals surface area contributed by atoms with E-state index in [1.165, 1.54) is 35.8 Å². The number of thiazole rings is 1. The first-order valence-electron chi connectivity index (χ1n) is 12.0. The zero-order chi connectivity index (χ0) is 30.3. The molecule has 0 amide bonds. The average Bonchev–Trinajstić information content (AvgIpc) is 3.20. The number of aromatic nitrogens is 1. The standard InChI is InChI=1S/C26H21N3O7S.C2H4O2/c1-4-12-35-25(32)22-15(2)27-26-28(23(22)18-8-10-20(11-9-18)36-16(3)30)24(31)21(37-26)14-17-6-5-7-19(13-17)29(33)34;1-2(3)4/h4-11,13-14,23H,1,12H2,2-3H3;1H3,(H,3,4)/b21-14+;. The molecule has 0 bridgehead atoms. The SMILES string of the molecule is C=CCOC(=O)C1=C(C)N=c2s/c(=C/c3cccc([N+](=O)[O-])c3)c(=O)n2C1c1ccc(OC(C)=O)cc1.CC(=O)O. The summed E-state index contributed by atoms with van der Waals surface area (Å²) in [5.74, 6) is -1.65. The van der Waals surface area contributed by atoms with Crippen LogP contribution in [0.2, 0.25) is 0 Å². The Morgan fingerprint density at radius 2 is 1.85 bits per heavy atom. The Bertz CT molecular complexity index is 1730. The molecule has 0 radical (unpaired) electrons. The number of aliphatic carboxylic acids is 1. The van der Waals surface area contributed by atoms with Crippen LogP contribution in [-0.2, 0) is 19.1 Å². The van der Waals surface area contributed by atoms with Crippen molar-refractivity contribution in [1.82, 2.24) is 4.57 Å². The molecule has 1 aromatic heterocycles. The van der Waals surface area contributed by atoms with Gasteiger partial charge in [-0.2, -0.15) is 0 Å². The number of carbonyl (C=O) groups is 3. The molecule has 0 saturated carbocycles. The minimum absolute atomic E-state index is 0.0229. The molecule has 13 heteroatoms. The number of fused-ring (bicyclic) bond motifs is 1. The van der Waals surface area contributed by atoms with Gasteiger partial charge in [-0.05, 0) is 36.3 Å². The van der Waals surface area contributed by atoms with Crippen molar-refractivity contribution in [1.29, 1.82) is 0 Å². The van der Waals surface area contributed by atoms with E-state index in [1.54, 1.807) is 43.3 Å². The first-order chi connectivity index (χ1) is 19.4. The van der Waals surface area contributed by atoms with Crippen LogP contribution in [0.5, 0.6) is 5.75 Å². The van der Waals surface area contributed by atoms with Crippen LogP contribution in [0.15, 0.2) is 82.2 Å². The molecule has 0 saturated heterocycles. The van der Waals surface area contributed by atoms with Crippen LogP contribution in [0.4, 0.5) is 5.69 Å². The maximum atomic E-state index is 13.6. The van der Waals surface area contributed by atoms with E-state index >= 15 is 0 Å². The minimum atomic E-state index is -0.868. The maximum absolute atomic E-state index is 13.6. The van der Waals surface area contributed by atoms with Crippen LogP contribution in [0.25, 0.3) is 6.08 Å². The number of carbonyl (C=O) groups excluding carboxylic acids is 2. The fourth-order valence-electron chi connectivity index (χ4n) is 3.87. The molecule has 1 aliphatic heterocycles. The Morgan fingerprint density at radius 3 is 2.44 bits per heavy atom. The van der Waals surface area contributed by atoms with Crippen molar-refractivity contribution in [2.75, 3.05) is 6.61 Å². The quantitative estimate of drug-likeness (QED) is 0.145. The van der Waals surface area contributed by atoms with Gasteiger partial charge >= 0.3 is 11.9 Å². The highest BCUT2D eigenvalue weighted by molar-refractivity contribution is 7.07. The molecule has 2 aromatic carbocycles. The lowest BCUT2D eigenvalue weighted by atomic mass is 9.96. The third-order valence-corrected chi connectivity index (χ3v) is 6.39. The summed E-state index contributed by atoms with van der Waals surface area (Å²) in [6.45, 7) is 7.56. The largest absolute Gasteiger partial charge is 0.481 e. The number of hydrogen-bond donors (Lipinski definition) is 1. The van der Waals surface area contributed by atoms with Gasteiger partial charge in [-0.25, -0.2) is 9.79 Å². The molecule has 3 aromatic rings. The first-order valence-corrected chi connectivity index (χ1v) is 12.8. The fourth-order valence-corrected chi connectivity index (χ4v) is 4.92. The van der Waals surface area contributed by atoms with Gasteiger partial charge in [0.1, 0.15) is 12.4 Å². The van der Waals surface area contributed by atoms with Gasteiger partial charge in [0.25, 0.3) is 17.2 Å². The van der Waals surface area contributed by atoms with Gasteiger partial charge in [-0.1, -0.05) is 48.3 Å². The molecule has 0 fully saturated rings. The monoisotopic (exact) mass is 579 g/mol. The molecule has 12 nitrogen and oxygen atoms in total. The minimum Gasteiger partial charge on any atom is -0.481 e. The van der Waals surface area contributed by atoms with E-state index in [-0.39, 0.29) is 22.4 Å². The van der Waals surface area contributed by atoms with E-state index in [4.69, 9.17) is 19.4 Å². The third kappa shape index (κ3) is 7.48. The molecular weight excluding hydrogens is 554 g/mol. The molecule has 2 heterocycles. The van der Waals surface area contributed by atoms with Crippen molar-refractivity contribution in [3.63, 3.8) is 0 Å². The van der Waals surface area contributed by atoms with Crippen molar-refractivity contribution in [3.8, 4) is 5.75 Å². The zero-order valence-electron chi connectivity index (χ0n) is 22.2. The average molecular weight is 580 g/mol. The molecule has 0 spiro atoms. The zero-order valence-corrected chi connectivity index (χ0v) is 23.0. The summed E-state index contributed by atoms with van der Waals surface area (Å²) >= 11 is 1.10. The lowest BCUT2D eigenvalue weighted by molar-refractivity contribution is -0.384. The van der Waals surface area contributed by atoms with E-state index in [9.17, 15) is 24.5 Å². The number of ether oxygens (including phenoxy) is 2. The van der Waals surface area contributed by atoms with Gasteiger partial charge in [0.15, 0.2) is 4.80 Å². The molecule has 0 aliphatic carbocycles. The highest BCUT2D eigenvalue weighted by atomic mass is 32.1. The summed E-state index contributed by atoms with van der Waals surface area (Å²) < 4.78 is 12.1. The second kappa shape index (κ2) is 13.3. The number of benzene rings is 2. The second-order valence-corrected chi connectivity index (χ2v) is 9.51. The van der Waals surface area contributed by atoms with Crippen LogP contribution in [-0.4, -0.2) is 39.1 Å². The van der Waals surface area contributed by atoms with Crippen LogP contribution in [0.3, 0.4) is 0 Å². The number of allylic oxidation sites excluding steroid dienone is 1. The molecular formula is C28H25N3O9S. The van der Waals surface area contributed by atoms with Gasteiger partial charge in [0.05, 0.1) is 26.8 Å². The third-order valence-electron chi connectivity index (χ3n) is 5.41. The van der Waals surface area contributed by atoms with Crippen molar-refractivity contribution < 1.29 is 33.9 Å². The number of non-ortho nitro benzene ring substituents is 1. The number of nitrogens with zero attached hydrogens (tertiary/aromatic N) is 3. The Kier molecular flexibility index (Phi) is 9.82. The molecule has 1 N–H and O–H groups in total. The Labute approximate surface area is 237 Å². The van der Waals surface area contributed by atoms with E-state index in [2.05, 4.69) is 11.6 Å². The topological polar surface area (TPSA) is 167 Å². The van der Waals surface area contributed by atoms with Crippen LogP contribution < -0.4 is 19.6 Å². The summed E-state index contributed by atoms with van der Waals surface area (Å²) in [7, 11) is 0. The van der Waals surface area contributed by atoms with Crippen molar-refractivity contribution >= 4 is 41.0 Å². The maximum Gasteiger partial charge on any atom is 0.338 e. The van der Waals surface area contributed by atoms with Gasteiger partial charge in [-0.15, -0.1) is 0 Å². The second-order valence-electron chi connectivity index (χ2n) is 8.50. The van der Waals surface area contributed by atoms with Crippen molar-refractivity contribution in [2.24, 2.45) is 4.99 Å². The summed E-state index contributed by atoms with van der Waals surface area (Å²) in [5.41, 5.74) is 1.07. The fraction of sp³-hybridized carbons (Fsp3) is 0.179. The Morgan fingerprint density at radius 1 is 1.20 bits per heavy atom. The highest BCUT2D eigenvalue weighted by Crippen LogP contribution is 2.31. The van der Waals surface area contributed by atoms with Gasteiger partial charge in [-0.3, -0.25) is 29.1 Å². The molecule has 1 atom stereocenters. The van der Waals surface area contributed by atoms with Crippen LogP contribution >= 0.6 is 11.3 Å².